The van der Waals surface area contributed by atoms with Crippen LogP contribution >= 0.6 is 0 Å². The minimum Gasteiger partial charge on any atom is -0.494 e. The van der Waals surface area contributed by atoms with Crippen molar-refractivity contribution in [2.45, 2.75) is 24.2 Å². The molecule has 0 spiro atoms. The number of halogens is 4. The van der Waals surface area contributed by atoms with Gasteiger partial charge in [-0.25, -0.2) is 9.37 Å². The number of likely N-dealkylation sites (tertiary alicyclic amines) is 1. The molecule has 176 valence electrons. The zero-order valence-corrected chi connectivity index (χ0v) is 18.1. The summed E-state index contributed by atoms with van der Waals surface area (Å²) in [5.41, 5.74) is 6.90. The number of benzene rings is 1. The molecule has 4 heterocycles. The van der Waals surface area contributed by atoms with Crippen LogP contribution in [0.15, 0.2) is 42.6 Å². The van der Waals surface area contributed by atoms with Crippen molar-refractivity contribution in [1.82, 2.24) is 24.5 Å². The average molecular weight is 472 g/mol. The summed E-state index contributed by atoms with van der Waals surface area (Å²) >= 11 is 0. The molecule has 1 aliphatic heterocycles. The molecule has 2 fully saturated rings. The highest BCUT2D eigenvalue weighted by molar-refractivity contribution is 5.86. The molecule has 0 radical (unpaired) electrons. The second kappa shape index (κ2) is 7.09. The van der Waals surface area contributed by atoms with E-state index in [-0.39, 0.29) is 29.6 Å². The summed E-state index contributed by atoms with van der Waals surface area (Å²) in [4.78, 5) is 5.95. The Hall–Kier alpha value is -3.31. The summed E-state index contributed by atoms with van der Waals surface area (Å²) in [5, 5.41) is 8.77. The summed E-state index contributed by atoms with van der Waals surface area (Å²) in [7, 11) is 1.41. The summed E-state index contributed by atoms with van der Waals surface area (Å²) in [6.07, 6.45) is -2.30. The number of ether oxygens (including phenoxy) is 1. The van der Waals surface area contributed by atoms with Gasteiger partial charge in [0.2, 0.25) is 0 Å². The Morgan fingerprint density at radius 2 is 2.00 bits per heavy atom. The van der Waals surface area contributed by atoms with Gasteiger partial charge in [-0.15, -0.1) is 10.2 Å². The second-order valence-electron chi connectivity index (χ2n) is 9.10. The number of rotatable bonds is 4. The Balaban J connectivity index is 1.45. The van der Waals surface area contributed by atoms with E-state index in [4.69, 9.17) is 10.5 Å². The number of nitrogens with two attached hydrogens (primary N) is 1. The zero-order valence-electron chi connectivity index (χ0n) is 18.1. The Bertz CT molecular complexity index is 1440. The van der Waals surface area contributed by atoms with Gasteiger partial charge in [0.05, 0.1) is 7.11 Å². The van der Waals surface area contributed by atoms with Gasteiger partial charge in [-0.2, -0.15) is 13.2 Å². The van der Waals surface area contributed by atoms with E-state index in [9.17, 15) is 17.6 Å². The maximum atomic E-state index is 14.2. The lowest BCUT2D eigenvalue weighted by Gasteiger charge is -2.31. The molecule has 0 bridgehead atoms. The normalized spacial score (nSPS) is 23.4. The number of aromatic nitrogens is 4. The molecule has 2 N–H and O–H groups in total. The van der Waals surface area contributed by atoms with Crippen LogP contribution in [0.3, 0.4) is 0 Å². The lowest BCUT2D eigenvalue weighted by molar-refractivity contribution is -0.185. The van der Waals surface area contributed by atoms with Crippen LogP contribution in [0.1, 0.15) is 18.0 Å². The molecule has 3 aromatic heterocycles. The predicted octanol–water partition coefficient (Wildman–Crippen LogP) is 3.73. The maximum Gasteiger partial charge on any atom is 0.408 e. The Morgan fingerprint density at radius 3 is 2.71 bits per heavy atom. The Labute approximate surface area is 191 Å². The van der Waals surface area contributed by atoms with Crippen molar-refractivity contribution in [3.05, 3.63) is 54.0 Å². The quantitative estimate of drug-likeness (QED) is 0.456. The first kappa shape index (κ1) is 21.2. The minimum absolute atomic E-state index is 0.0754. The third-order valence-electron chi connectivity index (χ3n) is 6.82. The van der Waals surface area contributed by atoms with Crippen molar-refractivity contribution in [2.24, 2.45) is 11.7 Å². The smallest absolute Gasteiger partial charge is 0.408 e. The number of piperidine rings is 1. The maximum absolute atomic E-state index is 14.2. The lowest BCUT2D eigenvalue weighted by Crippen LogP contribution is -2.41. The first-order valence-corrected chi connectivity index (χ1v) is 10.8. The van der Waals surface area contributed by atoms with Crippen LogP contribution in [-0.2, 0) is 0 Å². The van der Waals surface area contributed by atoms with E-state index in [1.165, 1.54) is 46.9 Å². The van der Waals surface area contributed by atoms with Crippen molar-refractivity contribution in [3.63, 3.8) is 0 Å². The highest BCUT2D eigenvalue weighted by Crippen LogP contribution is 2.52. The van der Waals surface area contributed by atoms with Crippen LogP contribution in [-0.4, -0.2) is 56.4 Å². The van der Waals surface area contributed by atoms with Crippen molar-refractivity contribution in [2.75, 3.05) is 20.2 Å². The Morgan fingerprint density at radius 1 is 1.18 bits per heavy atom. The first-order valence-electron chi connectivity index (χ1n) is 10.8. The second-order valence-corrected chi connectivity index (χ2v) is 9.10. The van der Waals surface area contributed by atoms with E-state index in [1.54, 1.807) is 12.1 Å². The topological polar surface area (TPSA) is 81.6 Å². The Kier molecular flexibility index (Phi) is 4.43. The highest BCUT2D eigenvalue weighted by Gasteiger charge is 2.61. The van der Waals surface area contributed by atoms with E-state index in [0.717, 1.165) is 6.42 Å². The van der Waals surface area contributed by atoms with Gasteiger partial charge in [-0.3, -0.25) is 9.30 Å². The number of hydrogen-bond acceptors (Lipinski definition) is 6. The summed E-state index contributed by atoms with van der Waals surface area (Å²) in [5.74, 6) is 0.152. The molecular formula is C23H20F4N6O. The van der Waals surface area contributed by atoms with Crippen molar-refractivity contribution in [3.8, 4) is 17.3 Å². The van der Waals surface area contributed by atoms with E-state index >= 15 is 0 Å². The number of pyridine rings is 2. The van der Waals surface area contributed by atoms with Crippen LogP contribution in [0.2, 0.25) is 0 Å². The van der Waals surface area contributed by atoms with Gasteiger partial charge in [0.15, 0.2) is 11.5 Å². The largest absolute Gasteiger partial charge is 0.494 e. The van der Waals surface area contributed by atoms with Crippen molar-refractivity contribution in [1.29, 1.82) is 0 Å². The standard InChI is InChI=1S/C23H20F4N6O/c1-34-17-7-15(24)6-12-2-4-16(29-19(12)17)21-31-30-18-5-3-13(9-33(18)21)20(23(25,26)27)32-10-14-8-22(14,28)11-32/h2-7,9,14,20H,8,10-11,28H2,1H3/t14?,20-,22+/m1/s1. The molecule has 34 heavy (non-hydrogen) atoms. The lowest BCUT2D eigenvalue weighted by atomic mass is 10.1. The summed E-state index contributed by atoms with van der Waals surface area (Å²) < 4.78 is 63.1. The number of methoxy groups -OCH3 is 1. The van der Waals surface area contributed by atoms with E-state index in [1.807, 2.05) is 0 Å². The van der Waals surface area contributed by atoms with Crippen LogP contribution in [0.5, 0.6) is 5.75 Å². The van der Waals surface area contributed by atoms with Gasteiger partial charge in [0.1, 0.15) is 28.8 Å². The monoisotopic (exact) mass is 472 g/mol. The van der Waals surface area contributed by atoms with E-state index in [2.05, 4.69) is 15.2 Å². The van der Waals surface area contributed by atoms with Gasteiger partial charge in [-0.1, -0.05) is 12.1 Å². The molecule has 6 rings (SSSR count). The number of fused-ring (bicyclic) bond motifs is 3. The van der Waals surface area contributed by atoms with Gasteiger partial charge >= 0.3 is 6.18 Å². The molecule has 2 aliphatic rings. The van der Waals surface area contributed by atoms with E-state index in [0.29, 0.717) is 28.8 Å². The molecule has 1 saturated carbocycles. The van der Waals surface area contributed by atoms with E-state index < -0.39 is 23.6 Å². The average Bonchev–Trinajstić information content (AvgIpc) is 3.09. The fraction of sp³-hybridized carbons (Fsp3) is 0.348. The van der Waals surface area contributed by atoms with Crippen LogP contribution in [0.25, 0.3) is 28.1 Å². The molecule has 7 nitrogen and oxygen atoms in total. The summed E-state index contributed by atoms with van der Waals surface area (Å²) in [6.45, 7) is 0.522. The number of alkyl halides is 3. The van der Waals surface area contributed by atoms with Gasteiger partial charge < -0.3 is 10.5 Å². The number of nitrogens with zero attached hydrogens (tertiary/aromatic N) is 5. The van der Waals surface area contributed by atoms with Crippen LogP contribution < -0.4 is 10.5 Å². The van der Waals surface area contributed by atoms with Gasteiger partial charge in [0.25, 0.3) is 0 Å². The fourth-order valence-corrected chi connectivity index (χ4v) is 5.06. The third-order valence-corrected chi connectivity index (χ3v) is 6.82. The van der Waals surface area contributed by atoms with Gasteiger partial charge in [-0.05, 0) is 36.1 Å². The van der Waals surface area contributed by atoms with Gasteiger partial charge in [0, 0.05) is 36.3 Å². The minimum atomic E-state index is -4.48. The predicted molar refractivity (Wildman–Crippen MR) is 116 cm³/mol. The third kappa shape index (κ3) is 3.30. The molecule has 1 aromatic carbocycles. The van der Waals surface area contributed by atoms with Crippen molar-refractivity contribution < 1.29 is 22.3 Å². The highest BCUT2D eigenvalue weighted by atomic mass is 19.4. The van der Waals surface area contributed by atoms with Crippen molar-refractivity contribution >= 4 is 16.6 Å². The fourth-order valence-electron chi connectivity index (χ4n) is 5.06. The van der Waals surface area contributed by atoms with Crippen LogP contribution in [0, 0.1) is 11.7 Å². The molecule has 1 aliphatic carbocycles. The number of hydrogen-bond donors (Lipinski definition) is 1. The van der Waals surface area contributed by atoms with Crippen LogP contribution in [0.4, 0.5) is 17.6 Å². The first-order chi connectivity index (χ1) is 16.2. The molecule has 0 amide bonds. The molecule has 11 heteroatoms. The molecule has 1 unspecified atom stereocenters. The molecular weight excluding hydrogens is 452 g/mol. The molecule has 1 saturated heterocycles. The molecule has 4 aromatic rings. The summed E-state index contributed by atoms with van der Waals surface area (Å²) in [6, 6.07) is 6.98. The molecule has 3 atom stereocenters. The SMILES string of the molecule is COc1cc(F)cc2ccc(-c3nnc4ccc([C@@H](N5CC6C[C@]6(N)C5)C(F)(F)F)cn34)nc12. The zero-order chi connectivity index (χ0) is 23.8.